The first-order valence-electron chi connectivity index (χ1n) is 4.72. The molecule has 1 aromatic carbocycles. The smallest absolute Gasteiger partial charge is 0.335 e. The Hall–Kier alpha value is -1.36. The van der Waals surface area contributed by atoms with Gasteiger partial charge in [0.05, 0.1) is 19.3 Å². The van der Waals surface area contributed by atoms with Gasteiger partial charge < -0.3 is 14.6 Å². The maximum absolute atomic E-state index is 10.8. The molecule has 0 aliphatic carbocycles. The molecule has 1 N–H and O–H groups in total. The zero-order valence-corrected chi connectivity index (χ0v) is 10.0. The Morgan fingerprint density at radius 3 is 2.75 bits per heavy atom. The Morgan fingerprint density at radius 1 is 1.44 bits per heavy atom. The first kappa shape index (κ1) is 12.7. The zero-order chi connectivity index (χ0) is 12.0. The largest absolute Gasteiger partial charge is 0.493 e. The van der Waals surface area contributed by atoms with Crippen molar-refractivity contribution < 1.29 is 19.4 Å². The minimum absolute atomic E-state index is 0.194. The van der Waals surface area contributed by atoms with Crippen LogP contribution in [0, 0.1) is 0 Å². The van der Waals surface area contributed by atoms with Crippen molar-refractivity contribution in [1.29, 1.82) is 0 Å². The first-order chi connectivity index (χ1) is 7.69. The summed E-state index contributed by atoms with van der Waals surface area (Å²) in [5, 5.41) is 8.84. The molecule has 0 fully saturated rings. The molecule has 0 saturated carbocycles. The van der Waals surface area contributed by atoms with Crippen LogP contribution >= 0.6 is 11.8 Å². The minimum atomic E-state index is -0.975. The Balaban J connectivity index is 2.84. The zero-order valence-electron chi connectivity index (χ0n) is 9.23. The molecule has 0 aromatic heterocycles. The van der Waals surface area contributed by atoms with Crippen LogP contribution in [0.1, 0.15) is 10.4 Å². The van der Waals surface area contributed by atoms with E-state index in [2.05, 4.69) is 0 Å². The fourth-order valence-electron chi connectivity index (χ4n) is 1.16. The van der Waals surface area contributed by atoms with Crippen LogP contribution in [0.2, 0.25) is 0 Å². The number of carboxylic acid groups (broad SMARTS) is 1. The molecule has 4 nitrogen and oxygen atoms in total. The van der Waals surface area contributed by atoms with Gasteiger partial charge in [0.15, 0.2) is 11.5 Å². The molecule has 0 aliphatic rings. The Morgan fingerprint density at radius 2 is 2.19 bits per heavy atom. The van der Waals surface area contributed by atoms with E-state index in [-0.39, 0.29) is 5.56 Å². The monoisotopic (exact) mass is 242 g/mol. The molecule has 5 heteroatoms. The summed E-state index contributed by atoms with van der Waals surface area (Å²) in [5.41, 5.74) is 0.194. The molecule has 1 rings (SSSR count). The highest BCUT2D eigenvalue weighted by Gasteiger charge is 2.09. The van der Waals surface area contributed by atoms with E-state index in [1.54, 1.807) is 17.8 Å². The fourth-order valence-corrected chi connectivity index (χ4v) is 1.41. The van der Waals surface area contributed by atoms with Crippen molar-refractivity contribution in [3.63, 3.8) is 0 Å². The second-order valence-corrected chi connectivity index (χ2v) is 4.00. The van der Waals surface area contributed by atoms with Gasteiger partial charge in [0, 0.05) is 5.75 Å². The maximum Gasteiger partial charge on any atom is 0.335 e. The summed E-state index contributed by atoms with van der Waals surface area (Å²) in [4.78, 5) is 10.8. The van der Waals surface area contributed by atoms with E-state index in [9.17, 15) is 4.79 Å². The Kier molecular flexibility index (Phi) is 4.98. The summed E-state index contributed by atoms with van der Waals surface area (Å²) in [6, 6.07) is 4.56. The molecule has 88 valence electrons. The molecule has 0 amide bonds. The quantitative estimate of drug-likeness (QED) is 0.774. The number of carbonyl (C=O) groups is 1. The molecule has 16 heavy (non-hydrogen) atoms. The number of aromatic carboxylic acids is 1. The van der Waals surface area contributed by atoms with Crippen LogP contribution in [0.4, 0.5) is 0 Å². The highest BCUT2D eigenvalue weighted by Crippen LogP contribution is 2.28. The number of thioether (sulfide) groups is 1. The van der Waals surface area contributed by atoms with Gasteiger partial charge in [0.1, 0.15) is 0 Å². The van der Waals surface area contributed by atoms with E-state index in [1.807, 2.05) is 6.26 Å². The number of rotatable bonds is 6. The number of benzene rings is 1. The van der Waals surface area contributed by atoms with E-state index in [1.165, 1.54) is 19.2 Å². The van der Waals surface area contributed by atoms with Crippen LogP contribution in [0.15, 0.2) is 18.2 Å². The summed E-state index contributed by atoms with van der Waals surface area (Å²) in [6.45, 7) is 0.528. The molecule has 1 aromatic rings. The van der Waals surface area contributed by atoms with Crippen LogP contribution in [0.5, 0.6) is 11.5 Å². The molecule has 0 atom stereocenters. The van der Waals surface area contributed by atoms with Gasteiger partial charge >= 0.3 is 5.97 Å². The van der Waals surface area contributed by atoms with Crippen molar-refractivity contribution in [2.45, 2.75) is 0 Å². The minimum Gasteiger partial charge on any atom is -0.493 e. The molecule has 0 saturated heterocycles. The molecule has 0 unspecified atom stereocenters. The average Bonchev–Trinajstić information content (AvgIpc) is 2.29. The summed E-state index contributed by atoms with van der Waals surface area (Å²) >= 11 is 1.66. The second-order valence-electron chi connectivity index (χ2n) is 3.01. The molecular weight excluding hydrogens is 228 g/mol. The van der Waals surface area contributed by atoms with Crippen LogP contribution in [0.3, 0.4) is 0 Å². The lowest BCUT2D eigenvalue weighted by molar-refractivity contribution is 0.0696. The second kappa shape index (κ2) is 6.27. The number of ether oxygens (including phenoxy) is 2. The molecule has 0 aliphatic heterocycles. The summed E-state index contributed by atoms with van der Waals surface area (Å²) in [7, 11) is 1.53. The van der Waals surface area contributed by atoms with Gasteiger partial charge in [0.2, 0.25) is 0 Å². The van der Waals surface area contributed by atoms with Crippen molar-refractivity contribution in [2.24, 2.45) is 0 Å². The third-order valence-electron chi connectivity index (χ3n) is 1.96. The van der Waals surface area contributed by atoms with Crippen LogP contribution < -0.4 is 9.47 Å². The molecule has 0 radical (unpaired) electrons. The molecule has 0 bridgehead atoms. The standard InChI is InChI=1S/C11H14O4S/c1-14-9-4-3-8(11(12)13)7-10(9)15-5-6-16-2/h3-4,7H,5-6H2,1-2H3,(H,12,13). The summed E-state index contributed by atoms with van der Waals surface area (Å²) in [5.74, 6) is 0.889. The lowest BCUT2D eigenvalue weighted by atomic mass is 10.2. The molecule has 0 spiro atoms. The number of hydrogen-bond acceptors (Lipinski definition) is 4. The van der Waals surface area contributed by atoms with Gasteiger partial charge in [-0.05, 0) is 24.5 Å². The lowest BCUT2D eigenvalue weighted by Gasteiger charge is -2.10. The summed E-state index contributed by atoms with van der Waals surface area (Å²) < 4.78 is 10.5. The van der Waals surface area contributed by atoms with Gasteiger partial charge in [-0.25, -0.2) is 4.79 Å². The number of carboxylic acids is 1. The van der Waals surface area contributed by atoms with Crippen molar-refractivity contribution in [3.05, 3.63) is 23.8 Å². The lowest BCUT2D eigenvalue weighted by Crippen LogP contribution is -2.03. The van der Waals surface area contributed by atoms with Crippen molar-refractivity contribution in [3.8, 4) is 11.5 Å². The van der Waals surface area contributed by atoms with Gasteiger partial charge in [-0.1, -0.05) is 0 Å². The van der Waals surface area contributed by atoms with Crippen LogP contribution in [-0.2, 0) is 0 Å². The third kappa shape index (κ3) is 3.34. The normalized spacial score (nSPS) is 9.88. The van der Waals surface area contributed by atoms with Gasteiger partial charge in [-0.2, -0.15) is 11.8 Å². The van der Waals surface area contributed by atoms with Gasteiger partial charge in [0.25, 0.3) is 0 Å². The van der Waals surface area contributed by atoms with E-state index in [0.29, 0.717) is 18.1 Å². The number of hydrogen-bond donors (Lipinski definition) is 1. The highest BCUT2D eigenvalue weighted by molar-refractivity contribution is 7.98. The van der Waals surface area contributed by atoms with Crippen molar-refractivity contribution in [2.75, 3.05) is 25.7 Å². The van der Waals surface area contributed by atoms with E-state index in [4.69, 9.17) is 14.6 Å². The average molecular weight is 242 g/mol. The highest BCUT2D eigenvalue weighted by atomic mass is 32.2. The van der Waals surface area contributed by atoms with Crippen molar-refractivity contribution in [1.82, 2.24) is 0 Å². The number of methoxy groups -OCH3 is 1. The summed E-state index contributed by atoms with van der Waals surface area (Å²) in [6.07, 6.45) is 1.98. The Labute approximate surface area is 98.6 Å². The van der Waals surface area contributed by atoms with Gasteiger partial charge in [-0.15, -0.1) is 0 Å². The van der Waals surface area contributed by atoms with E-state index < -0.39 is 5.97 Å². The van der Waals surface area contributed by atoms with Crippen LogP contribution in [0.25, 0.3) is 0 Å². The van der Waals surface area contributed by atoms with Gasteiger partial charge in [-0.3, -0.25) is 0 Å². The van der Waals surface area contributed by atoms with Crippen LogP contribution in [-0.4, -0.2) is 36.8 Å². The topological polar surface area (TPSA) is 55.8 Å². The third-order valence-corrected chi connectivity index (χ3v) is 2.53. The Bertz CT molecular complexity index is 365. The molecular formula is C11H14O4S. The first-order valence-corrected chi connectivity index (χ1v) is 6.11. The van der Waals surface area contributed by atoms with E-state index in [0.717, 1.165) is 5.75 Å². The fraction of sp³-hybridized carbons (Fsp3) is 0.364. The maximum atomic E-state index is 10.8. The SMILES string of the molecule is COc1ccc(C(=O)O)cc1OCCSC. The predicted octanol–water partition coefficient (Wildman–Crippen LogP) is 2.14. The van der Waals surface area contributed by atoms with Crippen molar-refractivity contribution >= 4 is 17.7 Å². The molecule has 0 heterocycles. The predicted molar refractivity (Wildman–Crippen MR) is 63.8 cm³/mol. The van der Waals surface area contributed by atoms with E-state index >= 15 is 0 Å².